The van der Waals surface area contributed by atoms with Gasteiger partial charge in [-0.1, -0.05) is 0 Å². The average Bonchev–Trinajstić information content (AvgIpc) is 3.11. The summed E-state index contributed by atoms with van der Waals surface area (Å²) in [6, 6.07) is 3.50. The highest BCUT2D eigenvalue weighted by Crippen LogP contribution is 2.46. The average molecular weight is 290 g/mol. The molecule has 100 valence electrons. The predicted molar refractivity (Wildman–Crippen MR) is 71.5 cm³/mol. The summed E-state index contributed by atoms with van der Waals surface area (Å²) in [7, 11) is -3.66. The van der Waals surface area contributed by atoms with Crippen molar-refractivity contribution in [3.8, 4) is 0 Å². The Labute approximate surface area is 110 Å². The minimum Gasteiger partial charge on any atom is -0.396 e. The molecule has 1 saturated carbocycles. The number of anilines is 1. The molecule has 1 fully saturated rings. The highest BCUT2D eigenvalue weighted by atomic mass is 32.2. The van der Waals surface area contributed by atoms with E-state index in [0.29, 0.717) is 6.54 Å². The number of benzene rings is 1. The lowest BCUT2D eigenvalue weighted by atomic mass is 10.3. The Morgan fingerprint density at radius 2 is 2.17 bits per heavy atom. The lowest BCUT2D eigenvalue weighted by molar-refractivity contribution is 0.576. The molecule has 0 aliphatic heterocycles. The standard InChI is InChI=1S/C11H15FN2O2S2/c1-17-11(4-5-11)7-14-18(15,16)8-2-3-10(13)9(12)6-8/h2-3,6,14H,4-5,7,13H2,1H3. The van der Waals surface area contributed by atoms with E-state index in [1.165, 1.54) is 12.1 Å². The number of nitrogen functional groups attached to an aromatic ring is 1. The topological polar surface area (TPSA) is 72.2 Å². The molecule has 0 heterocycles. The summed E-state index contributed by atoms with van der Waals surface area (Å²) in [6.45, 7) is 0.377. The molecule has 1 aromatic rings. The number of halogens is 1. The van der Waals surface area contributed by atoms with Crippen LogP contribution < -0.4 is 10.5 Å². The number of nitrogens with one attached hydrogen (secondary N) is 1. The van der Waals surface area contributed by atoms with Crippen LogP contribution >= 0.6 is 11.8 Å². The minimum atomic E-state index is -3.66. The van der Waals surface area contributed by atoms with Gasteiger partial charge in [0.2, 0.25) is 10.0 Å². The van der Waals surface area contributed by atoms with Gasteiger partial charge >= 0.3 is 0 Å². The first-order valence-corrected chi connectivity index (χ1v) is 8.19. The molecular weight excluding hydrogens is 275 g/mol. The highest BCUT2D eigenvalue weighted by molar-refractivity contribution is 8.00. The lowest BCUT2D eigenvalue weighted by Crippen LogP contribution is -2.31. The maximum absolute atomic E-state index is 13.2. The first-order chi connectivity index (χ1) is 8.38. The summed E-state index contributed by atoms with van der Waals surface area (Å²) >= 11 is 1.66. The Kier molecular flexibility index (Phi) is 3.57. The van der Waals surface area contributed by atoms with E-state index >= 15 is 0 Å². The van der Waals surface area contributed by atoms with E-state index < -0.39 is 15.8 Å². The molecule has 1 aromatic carbocycles. The van der Waals surface area contributed by atoms with Crippen LogP contribution in [0, 0.1) is 5.82 Å². The first-order valence-electron chi connectivity index (χ1n) is 5.48. The molecule has 0 amide bonds. The van der Waals surface area contributed by atoms with Gasteiger partial charge in [-0.3, -0.25) is 0 Å². The highest BCUT2D eigenvalue weighted by Gasteiger charge is 2.42. The second-order valence-corrected chi connectivity index (χ2v) is 7.44. The van der Waals surface area contributed by atoms with E-state index in [-0.39, 0.29) is 15.3 Å². The minimum absolute atomic E-state index is 0.0272. The zero-order valence-corrected chi connectivity index (χ0v) is 11.6. The summed E-state index contributed by atoms with van der Waals surface area (Å²) in [5.41, 5.74) is 5.25. The SMILES string of the molecule is CSC1(CNS(=O)(=O)c2ccc(N)c(F)c2)CC1. The second kappa shape index (κ2) is 4.71. The van der Waals surface area contributed by atoms with Crippen LogP contribution in [0.4, 0.5) is 10.1 Å². The van der Waals surface area contributed by atoms with Crippen molar-refractivity contribution in [3.63, 3.8) is 0 Å². The molecule has 3 N–H and O–H groups in total. The van der Waals surface area contributed by atoms with Gasteiger partial charge in [-0.15, -0.1) is 0 Å². The zero-order valence-electron chi connectivity index (χ0n) is 9.94. The number of hydrogen-bond donors (Lipinski definition) is 2. The van der Waals surface area contributed by atoms with Crippen LogP contribution in [-0.4, -0.2) is 26.0 Å². The first kappa shape index (κ1) is 13.6. The Morgan fingerprint density at radius 1 is 1.50 bits per heavy atom. The van der Waals surface area contributed by atoms with Crippen LogP contribution in [0.5, 0.6) is 0 Å². The van der Waals surface area contributed by atoms with Gasteiger partial charge in [-0.25, -0.2) is 17.5 Å². The van der Waals surface area contributed by atoms with Gasteiger partial charge in [-0.05, 0) is 37.3 Å². The maximum Gasteiger partial charge on any atom is 0.240 e. The fourth-order valence-electron chi connectivity index (χ4n) is 1.58. The van der Waals surface area contributed by atoms with Crippen molar-refractivity contribution in [3.05, 3.63) is 24.0 Å². The van der Waals surface area contributed by atoms with Crippen molar-refractivity contribution < 1.29 is 12.8 Å². The van der Waals surface area contributed by atoms with E-state index in [4.69, 9.17) is 5.73 Å². The van der Waals surface area contributed by atoms with Crippen molar-refractivity contribution in [1.82, 2.24) is 4.72 Å². The van der Waals surface area contributed by atoms with E-state index in [1.807, 2.05) is 6.26 Å². The van der Waals surface area contributed by atoms with Gasteiger partial charge in [0, 0.05) is 11.3 Å². The number of thioether (sulfide) groups is 1. The fraction of sp³-hybridized carbons (Fsp3) is 0.455. The Hall–Kier alpha value is -0.790. The van der Waals surface area contributed by atoms with E-state index in [9.17, 15) is 12.8 Å². The van der Waals surface area contributed by atoms with Gasteiger partial charge in [0.05, 0.1) is 10.6 Å². The van der Waals surface area contributed by atoms with Gasteiger partial charge in [0.15, 0.2) is 0 Å². The Balaban J connectivity index is 2.13. The van der Waals surface area contributed by atoms with Crippen molar-refractivity contribution >= 4 is 27.5 Å². The largest absolute Gasteiger partial charge is 0.396 e. The number of sulfonamides is 1. The third-order valence-corrected chi connectivity index (χ3v) is 5.92. The molecule has 1 aliphatic carbocycles. The summed E-state index contributed by atoms with van der Waals surface area (Å²) in [5.74, 6) is -0.719. The molecule has 0 radical (unpaired) electrons. The van der Waals surface area contributed by atoms with Crippen LogP contribution in [0.3, 0.4) is 0 Å². The second-order valence-electron chi connectivity index (χ2n) is 4.40. The molecule has 0 unspecified atom stereocenters. The van der Waals surface area contributed by atoms with Crippen LogP contribution in [0.1, 0.15) is 12.8 Å². The molecule has 1 aliphatic rings. The molecule has 4 nitrogen and oxygen atoms in total. The van der Waals surface area contributed by atoms with Crippen LogP contribution in [0.2, 0.25) is 0 Å². The fourth-order valence-corrected chi connectivity index (χ4v) is 3.53. The number of nitrogens with two attached hydrogens (primary N) is 1. The number of rotatable bonds is 5. The molecule has 0 aromatic heterocycles. The lowest BCUT2D eigenvalue weighted by Gasteiger charge is -2.13. The molecule has 0 spiro atoms. The normalized spacial score (nSPS) is 17.7. The van der Waals surface area contributed by atoms with E-state index in [0.717, 1.165) is 18.9 Å². The summed E-state index contributed by atoms with van der Waals surface area (Å²) < 4.78 is 39.7. The van der Waals surface area contributed by atoms with E-state index in [2.05, 4.69) is 4.72 Å². The van der Waals surface area contributed by atoms with Crippen molar-refractivity contribution in [1.29, 1.82) is 0 Å². The molecule has 2 rings (SSSR count). The predicted octanol–water partition coefficient (Wildman–Crippen LogP) is 1.58. The van der Waals surface area contributed by atoms with Crippen LogP contribution in [0.25, 0.3) is 0 Å². The third kappa shape index (κ3) is 2.78. The van der Waals surface area contributed by atoms with Crippen molar-refractivity contribution in [2.24, 2.45) is 0 Å². The molecule has 0 saturated heterocycles. The van der Waals surface area contributed by atoms with Gasteiger partial charge in [0.25, 0.3) is 0 Å². The third-order valence-electron chi connectivity index (χ3n) is 3.11. The van der Waals surface area contributed by atoms with Crippen LogP contribution in [0.15, 0.2) is 23.1 Å². The molecule has 7 heteroatoms. The zero-order chi connectivity index (χ0) is 13.4. The Morgan fingerprint density at radius 3 is 2.67 bits per heavy atom. The maximum atomic E-state index is 13.2. The monoisotopic (exact) mass is 290 g/mol. The smallest absolute Gasteiger partial charge is 0.240 e. The van der Waals surface area contributed by atoms with Crippen molar-refractivity contribution in [2.75, 3.05) is 18.5 Å². The molecule has 18 heavy (non-hydrogen) atoms. The summed E-state index contributed by atoms with van der Waals surface area (Å²) in [5, 5.41) is 0. The molecule has 0 bridgehead atoms. The number of hydrogen-bond acceptors (Lipinski definition) is 4. The van der Waals surface area contributed by atoms with Gasteiger partial charge in [0.1, 0.15) is 5.82 Å². The van der Waals surface area contributed by atoms with Gasteiger partial charge in [-0.2, -0.15) is 11.8 Å². The molecular formula is C11H15FN2O2S2. The molecule has 0 atom stereocenters. The summed E-state index contributed by atoms with van der Waals surface area (Å²) in [6.07, 6.45) is 3.98. The van der Waals surface area contributed by atoms with E-state index in [1.54, 1.807) is 11.8 Å². The quantitative estimate of drug-likeness (QED) is 0.808. The summed E-state index contributed by atoms with van der Waals surface area (Å²) in [4.78, 5) is -0.0916. The van der Waals surface area contributed by atoms with Crippen molar-refractivity contribution in [2.45, 2.75) is 22.5 Å². The van der Waals surface area contributed by atoms with Gasteiger partial charge < -0.3 is 5.73 Å². The Bertz CT molecular complexity index is 556. The van der Waals surface area contributed by atoms with Crippen LogP contribution in [-0.2, 0) is 10.0 Å².